The monoisotopic (exact) mass is 248 g/mol. The van der Waals surface area contributed by atoms with Crippen LogP contribution in [0.25, 0.3) is 11.3 Å². The van der Waals surface area contributed by atoms with Gasteiger partial charge in [0.05, 0.1) is 7.11 Å². The Morgan fingerprint density at radius 1 is 1.44 bits per heavy atom. The Morgan fingerprint density at radius 2 is 2.17 bits per heavy atom. The Bertz CT molecular complexity index is 583. The summed E-state index contributed by atoms with van der Waals surface area (Å²) in [5.74, 6) is -0.255. The Labute approximate surface area is 103 Å². The van der Waals surface area contributed by atoms with Crippen molar-refractivity contribution in [1.82, 2.24) is 15.4 Å². The maximum atomic E-state index is 11.2. The third-order valence-electron chi connectivity index (χ3n) is 2.54. The lowest BCUT2D eigenvalue weighted by Gasteiger charge is -2.09. The van der Waals surface area contributed by atoms with E-state index in [1.165, 1.54) is 13.2 Å². The van der Waals surface area contributed by atoms with Crippen molar-refractivity contribution >= 4 is 5.91 Å². The van der Waals surface area contributed by atoms with Crippen LogP contribution < -0.4 is 10.5 Å². The highest BCUT2D eigenvalue weighted by molar-refractivity contribution is 5.97. The summed E-state index contributed by atoms with van der Waals surface area (Å²) in [5.41, 5.74) is 6.49. The van der Waals surface area contributed by atoms with Gasteiger partial charge in [-0.15, -0.1) is 0 Å². The maximum absolute atomic E-state index is 11.2. The van der Waals surface area contributed by atoms with Crippen LogP contribution in [0, 0.1) is 6.92 Å². The number of nitrogens with two attached hydrogens (primary N) is 1. The van der Waals surface area contributed by atoms with Gasteiger partial charge < -0.3 is 15.6 Å². The Hall–Kier alpha value is -2.57. The number of benzene rings is 1. The molecule has 4 N–H and O–H groups in total. The van der Waals surface area contributed by atoms with Crippen molar-refractivity contribution in [2.24, 2.45) is 5.73 Å². The number of aromatic hydroxyl groups is 1. The Kier molecular flexibility index (Phi) is 2.88. The van der Waals surface area contributed by atoms with Gasteiger partial charge >= 0.3 is 0 Å². The number of phenols is 1. The smallest absolute Gasteiger partial charge is 0.271 e. The van der Waals surface area contributed by atoms with Gasteiger partial charge in [-0.2, -0.15) is 15.4 Å². The second-order valence-electron chi connectivity index (χ2n) is 3.72. The zero-order valence-corrected chi connectivity index (χ0v) is 9.89. The highest BCUT2D eigenvalue weighted by Crippen LogP contribution is 2.35. The minimum atomic E-state index is -0.714. The first-order valence-corrected chi connectivity index (χ1v) is 5.13. The summed E-state index contributed by atoms with van der Waals surface area (Å²) in [5, 5.41) is 19.8. The predicted octanol–water partition coefficient (Wildman–Crippen LogP) is 0.593. The van der Waals surface area contributed by atoms with Crippen LogP contribution in [0.15, 0.2) is 12.1 Å². The molecule has 0 saturated heterocycles. The van der Waals surface area contributed by atoms with Crippen molar-refractivity contribution in [3.8, 4) is 22.8 Å². The first-order valence-electron chi connectivity index (χ1n) is 5.13. The third-order valence-corrected chi connectivity index (χ3v) is 2.54. The van der Waals surface area contributed by atoms with E-state index in [2.05, 4.69) is 15.4 Å². The van der Waals surface area contributed by atoms with Crippen molar-refractivity contribution in [3.05, 3.63) is 23.4 Å². The molecule has 94 valence electrons. The number of rotatable bonds is 3. The number of aromatic nitrogens is 3. The number of ether oxygens (including phenoxy) is 1. The lowest BCUT2D eigenvalue weighted by atomic mass is 10.0. The molecule has 1 aromatic heterocycles. The third kappa shape index (κ3) is 1.86. The number of hydrogen-bond acceptors (Lipinski definition) is 5. The summed E-state index contributed by atoms with van der Waals surface area (Å²) in [7, 11) is 1.50. The van der Waals surface area contributed by atoms with Gasteiger partial charge in [0.25, 0.3) is 5.91 Å². The molecular weight excluding hydrogens is 236 g/mol. The molecule has 7 nitrogen and oxygen atoms in total. The Balaban J connectivity index is 2.64. The van der Waals surface area contributed by atoms with Crippen LogP contribution in [0.3, 0.4) is 0 Å². The van der Waals surface area contributed by atoms with E-state index in [0.29, 0.717) is 16.9 Å². The van der Waals surface area contributed by atoms with E-state index in [4.69, 9.17) is 10.5 Å². The molecular formula is C11H12N4O3. The van der Waals surface area contributed by atoms with Crippen molar-refractivity contribution in [2.45, 2.75) is 6.92 Å². The van der Waals surface area contributed by atoms with Crippen molar-refractivity contribution in [1.29, 1.82) is 0 Å². The van der Waals surface area contributed by atoms with Crippen LogP contribution in [0.2, 0.25) is 0 Å². The SMILES string of the molecule is COc1cc(C)c(-c2n[nH]nc2C(N)=O)c(O)c1. The van der Waals surface area contributed by atoms with E-state index in [1.807, 2.05) is 0 Å². The molecule has 18 heavy (non-hydrogen) atoms. The van der Waals surface area contributed by atoms with Crippen molar-refractivity contribution < 1.29 is 14.6 Å². The maximum Gasteiger partial charge on any atom is 0.271 e. The minimum Gasteiger partial charge on any atom is -0.507 e. The highest BCUT2D eigenvalue weighted by Gasteiger charge is 2.20. The topological polar surface area (TPSA) is 114 Å². The quantitative estimate of drug-likeness (QED) is 0.735. The van der Waals surface area contributed by atoms with Crippen molar-refractivity contribution in [2.75, 3.05) is 7.11 Å². The van der Waals surface area contributed by atoms with Crippen LogP contribution in [0.1, 0.15) is 16.1 Å². The molecule has 1 amide bonds. The van der Waals surface area contributed by atoms with Gasteiger partial charge in [-0.1, -0.05) is 0 Å². The highest BCUT2D eigenvalue weighted by atomic mass is 16.5. The van der Waals surface area contributed by atoms with E-state index in [-0.39, 0.29) is 17.1 Å². The normalized spacial score (nSPS) is 10.3. The number of aryl methyl sites for hydroxylation is 1. The summed E-state index contributed by atoms with van der Waals surface area (Å²) in [6.45, 7) is 1.76. The average molecular weight is 248 g/mol. The average Bonchev–Trinajstić information content (AvgIpc) is 2.77. The number of phenolic OH excluding ortho intramolecular Hbond substituents is 1. The van der Waals surface area contributed by atoms with Crippen LogP contribution in [0.5, 0.6) is 11.5 Å². The molecule has 1 aromatic carbocycles. The minimum absolute atomic E-state index is 0.0152. The van der Waals surface area contributed by atoms with Crippen molar-refractivity contribution in [3.63, 3.8) is 0 Å². The number of carbonyl (C=O) groups is 1. The van der Waals surface area contributed by atoms with Gasteiger partial charge in [0, 0.05) is 11.6 Å². The molecule has 0 atom stereocenters. The van der Waals surface area contributed by atoms with Gasteiger partial charge in [-0.05, 0) is 18.6 Å². The fraction of sp³-hybridized carbons (Fsp3) is 0.182. The second kappa shape index (κ2) is 4.36. The molecule has 0 aliphatic rings. The molecule has 0 saturated carbocycles. The summed E-state index contributed by atoms with van der Waals surface area (Å²) >= 11 is 0. The van der Waals surface area contributed by atoms with Gasteiger partial charge in [0.15, 0.2) is 5.69 Å². The lowest BCUT2D eigenvalue weighted by Crippen LogP contribution is -2.13. The van der Waals surface area contributed by atoms with Crippen LogP contribution >= 0.6 is 0 Å². The molecule has 0 aliphatic carbocycles. The lowest BCUT2D eigenvalue weighted by molar-refractivity contribution is 0.0996. The standard InChI is InChI=1S/C11H12N4O3/c1-5-3-6(18-2)4-7(16)8(5)9-10(11(12)17)14-15-13-9/h3-4,16H,1-2H3,(H2,12,17)(H,13,14,15). The first kappa shape index (κ1) is 11.9. The molecule has 0 aliphatic heterocycles. The number of aromatic amines is 1. The van der Waals surface area contributed by atoms with Crippen LogP contribution in [-0.4, -0.2) is 33.5 Å². The number of nitrogens with zero attached hydrogens (tertiary/aromatic N) is 2. The summed E-state index contributed by atoms with van der Waals surface area (Å²) in [4.78, 5) is 11.2. The van der Waals surface area contributed by atoms with E-state index < -0.39 is 5.91 Å². The molecule has 2 aromatic rings. The molecule has 0 radical (unpaired) electrons. The van der Waals surface area contributed by atoms with Gasteiger partial charge in [0.1, 0.15) is 17.2 Å². The zero-order chi connectivity index (χ0) is 13.3. The van der Waals surface area contributed by atoms with E-state index >= 15 is 0 Å². The number of methoxy groups -OCH3 is 1. The molecule has 0 fully saturated rings. The number of amides is 1. The fourth-order valence-corrected chi connectivity index (χ4v) is 1.74. The van der Waals surface area contributed by atoms with E-state index in [9.17, 15) is 9.90 Å². The zero-order valence-electron chi connectivity index (χ0n) is 9.89. The number of primary amides is 1. The fourth-order valence-electron chi connectivity index (χ4n) is 1.74. The summed E-state index contributed by atoms with van der Waals surface area (Å²) in [6, 6.07) is 3.15. The molecule has 7 heteroatoms. The van der Waals surface area contributed by atoms with E-state index in [0.717, 1.165) is 0 Å². The largest absolute Gasteiger partial charge is 0.507 e. The van der Waals surface area contributed by atoms with Gasteiger partial charge in [-0.3, -0.25) is 4.79 Å². The van der Waals surface area contributed by atoms with E-state index in [1.54, 1.807) is 13.0 Å². The van der Waals surface area contributed by atoms with Crippen LogP contribution in [-0.2, 0) is 0 Å². The molecule has 0 unspecified atom stereocenters. The van der Waals surface area contributed by atoms with Gasteiger partial charge in [-0.25, -0.2) is 0 Å². The Morgan fingerprint density at radius 3 is 2.72 bits per heavy atom. The number of hydrogen-bond donors (Lipinski definition) is 3. The van der Waals surface area contributed by atoms with Crippen LogP contribution in [0.4, 0.5) is 0 Å². The summed E-state index contributed by atoms with van der Waals surface area (Å²) in [6.07, 6.45) is 0. The molecule has 2 rings (SSSR count). The number of carbonyl (C=O) groups excluding carboxylic acids is 1. The molecule has 1 heterocycles. The predicted molar refractivity (Wildman–Crippen MR) is 63.3 cm³/mol. The second-order valence-corrected chi connectivity index (χ2v) is 3.72. The van der Waals surface area contributed by atoms with Gasteiger partial charge in [0.2, 0.25) is 0 Å². The summed E-state index contributed by atoms with van der Waals surface area (Å²) < 4.78 is 5.03. The number of nitrogens with one attached hydrogen (secondary N) is 1. The molecule has 0 bridgehead atoms. The number of H-pyrrole nitrogens is 1. The molecule has 0 spiro atoms. The first-order chi connectivity index (χ1) is 8.54.